The molecule has 44 heavy (non-hydrogen) atoms. The second-order valence-electron chi connectivity index (χ2n) is 10.6. The molecule has 0 N–H and O–H groups in total. The number of halogens is 2. The van der Waals surface area contributed by atoms with Crippen LogP contribution in [0.25, 0.3) is 21.8 Å². The highest BCUT2D eigenvalue weighted by Gasteiger charge is 2.20. The van der Waals surface area contributed by atoms with Crippen molar-refractivity contribution < 1.29 is 9.59 Å². The third-order valence-electron chi connectivity index (χ3n) is 7.82. The average Bonchev–Trinajstić information content (AvgIpc) is 3.63. The van der Waals surface area contributed by atoms with Gasteiger partial charge in [0.1, 0.15) is 0 Å². The summed E-state index contributed by atoms with van der Waals surface area (Å²) in [5.74, 6) is -0.0669. The highest BCUT2D eigenvalue weighted by atomic mass is 79.9. The van der Waals surface area contributed by atoms with E-state index in [1.54, 1.807) is 61.7 Å². The number of ketones is 2. The molecular formula is C34H32Br2N6O2. The van der Waals surface area contributed by atoms with Gasteiger partial charge in [-0.05, 0) is 82.8 Å². The van der Waals surface area contributed by atoms with Crippen molar-refractivity contribution in [2.75, 3.05) is 0 Å². The molecule has 2 unspecified atom stereocenters. The predicted molar refractivity (Wildman–Crippen MR) is 180 cm³/mol. The normalized spacial score (nSPS) is 12.5. The van der Waals surface area contributed by atoms with E-state index in [2.05, 4.69) is 88.6 Å². The number of hydrogen-bond acceptors (Lipinski definition) is 6. The quantitative estimate of drug-likeness (QED) is 0.146. The molecule has 6 rings (SSSR count). The largest absolute Gasteiger partial charge is 0.344 e. The van der Waals surface area contributed by atoms with Gasteiger partial charge in [0.2, 0.25) is 0 Å². The zero-order chi connectivity index (χ0) is 31.4. The fourth-order valence-corrected chi connectivity index (χ4v) is 5.79. The van der Waals surface area contributed by atoms with E-state index in [-0.39, 0.29) is 11.6 Å². The van der Waals surface area contributed by atoms with Gasteiger partial charge in [-0.2, -0.15) is 0 Å². The lowest BCUT2D eigenvalue weighted by molar-refractivity contribution is 0.103. The molecule has 6 aromatic rings. The third-order valence-corrected chi connectivity index (χ3v) is 8.69. The predicted octanol–water partition coefficient (Wildman–Crippen LogP) is 8.79. The van der Waals surface area contributed by atoms with Gasteiger partial charge in [-0.25, -0.2) is 0 Å². The topological polar surface area (TPSA) is 95.6 Å². The van der Waals surface area contributed by atoms with Crippen LogP contribution in [-0.2, 0) is 0 Å². The Labute approximate surface area is 272 Å². The first-order valence-electron chi connectivity index (χ1n) is 14.4. The van der Waals surface area contributed by atoms with Gasteiger partial charge < -0.3 is 9.13 Å². The first-order chi connectivity index (χ1) is 21.2. The number of carbonyl (C=O) groups is 2. The Kier molecular flexibility index (Phi) is 9.80. The number of carbonyl (C=O) groups excluding carboxylic acids is 2. The number of rotatable bonds is 8. The number of pyridine rings is 4. The smallest absolute Gasteiger partial charge is 0.196 e. The number of fused-ring (bicyclic) bond motifs is 2. The lowest BCUT2D eigenvalue weighted by Gasteiger charge is -2.12. The molecule has 0 aliphatic rings. The van der Waals surface area contributed by atoms with E-state index in [0.29, 0.717) is 34.3 Å². The SMILES string of the molecule is CCC(C)n1cc(C(=O)c2cncc(Br)c2)c2cnccc21.CCC(C)n1cc(C(=O)c2cncc(Br)c2)c2cnccc21. The summed E-state index contributed by atoms with van der Waals surface area (Å²) in [4.78, 5) is 42.2. The fourth-order valence-electron chi connectivity index (χ4n) is 5.06. The summed E-state index contributed by atoms with van der Waals surface area (Å²) in [6.45, 7) is 8.57. The van der Waals surface area contributed by atoms with Crippen molar-refractivity contribution in [2.45, 2.75) is 52.6 Å². The van der Waals surface area contributed by atoms with Gasteiger partial charge in [-0.15, -0.1) is 0 Å². The Balaban J connectivity index is 0.000000175. The monoisotopic (exact) mass is 714 g/mol. The standard InChI is InChI=1S/2C17H16BrN3O/c2*1-3-11(2)21-10-15(14-9-19-5-4-16(14)21)17(22)12-6-13(18)8-20-7-12/h2*4-11H,3H2,1-2H3. The van der Waals surface area contributed by atoms with Gasteiger partial charge in [-0.1, -0.05) is 13.8 Å². The van der Waals surface area contributed by atoms with Crippen molar-refractivity contribution in [1.82, 2.24) is 29.1 Å². The van der Waals surface area contributed by atoms with E-state index in [1.807, 2.05) is 24.5 Å². The van der Waals surface area contributed by atoms with Crippen LogP contribution in [0.2, 0.25) is 0 Å². The van der Waals surface area contributed by atoms with Gasteiger partial charge >= 0.3 is 0 Å². The molecule has 0 aliphatic carbocycles. The number of nitrogens with zero attached hydrogens (tertiary/aromatic N) is 6. The summed E-state index contributed by atoms with van der Waals surface area (Å²) >= 11 is 6.72. The molecule has 0 fully saturated rings. The molecule has 0 aliphatic heterocycles. The van der Waals surface area contributed by atoms with Crippen molar-refractivity contribution in [2.24, 2.45) is 0 Å². The zero-order valence-corrected chi connectivity index (χ0v) is 28.1. The summed E-state index contributed by atoms with van der Waals surface area (Å²) < 4.78 is 5.88. The van der Waals surface area contributed by atoms with Gasteiger partial charge in [0.15, 0.2) is 11.6 Å². The highest BCUT2D eigenvalue weighted by molar-refractivity contribution is 9.10. The molecule has 224 valence electrons. The lowest BCUT2D eigenvalue weighted by atomic mass is 10.1. The van der Waals surface area contributed by atoms with Crippen LogP contribution in [0.15, 0.2) is 95.2 Å². The van der Waals surface area contributed by atoms with Crippen LogP contribution in [0.1, 0.15) is 84.5 Å². The van der Waals surface area contributed by atoms with Crippen LogP contribution >= 0.6 is 31.9 Å². The molecule has 6 aromatic heterocycles. The van der Waals surface area contributed by atoms with Crippen LogP contribution in [0, 0.1) is 0 Å². The minimum Gasteiger partial charge on any atom is -0.344 e. The van der Waals surface area contributed by atoms with Crippen molar-refractivity contribution in [3.8, 4) is 0 Å². The van der Waals surface area contributed by atoms with E-state index in [4.69, 9.17) is 0 Å². The summed E-state index contributed by atoms with van der Waals surface area (Å²) in [5.41, 5.74) is 4.56. The maximum Gasteiger partial charge on any atom is 0.196 e. The van der Waals surface area contributed by atoms with E-state index in [9.17, 15) is 9.59 Å². The van der Waals surface area contributed by atoms with E-state index < -0.39 is 0 Å². The van der Waals surface area contributed by atoms with E-state index >= 15 is 0 Å². The molecule has 0 bridgehead atoms. The fraction of sp³-hybridized carbons (Fsp3) is 0.235. The second-order valence-corrected chi connectivity index (χ2v) is 12.5. The van der Waals surface area contributed by atoms with Crippen LogP contribution in [-0.4, -0.2) is 40.6 Å². The van der Waals surface area contributed by atoms with Gasteiger partial charge in [-0.3, -0.25) is 29.5 Å². The van der Waals surface area contributed by atoms with Crippen molar-refractivity contribution in [3.63, 3.8) is 0 Å². The Bertz CT molecular complexity index is 1820. The van der Waals surface area contributed by atoms with Gasteiger partial charge in [0.25, 0.3) is 0 Å². The summed E-state index contributed by atoms with van der Waals surface area (Å²) in [5, 5.41) is 1.76. The maximum atomic E-state index is 12.8. The Morgan fingerprint density at radius 1 is 0.659 bits per heavy atom. The van der Waals surface area contributed by atoms with Gasteiger partial charge in [0, 0.05) is 116 Å². The van der Waals surface area contributed by atoms with Crippen LogP contribution in [0.4, 0.5) is 0 Å². The molecule has 0 saturated carbocycles. The Morgan fingerprint density at radius 3 is 1.43 bits per heavy atom. The lowest BCUT2D eigenvalue weighted by Crippen LogP contribution is -2.03. The van der Waals surface area contributed by atoms with Crippen molar-refractivity contribution in [3.05, 3.63) is 117 Å². The van der Waals surface area contributed by atoms with E-state index in [1.165, 1.54) is 0 Å². The molecule has 0 radical (unpaired) electrons. The van der Waals surface area contributed by atoms with Crippen molar-refractivity contribution in [1.29, 1.82) is 0 Å². The summed E-state index contributed by atoms with van der Waals surface area (Å²) in [6, 6.07) is 8.14. The molecule has 2 atom stereocenters. The van der Waals surface area contributed by atoms with Crippen LogP contribution < -0.4 is 0 Å². The molecule has 0 saturated heterocycles. The average molecular weight is 716 g/mol. The minimum absolute atomic E-state index is 0.0335. The molecule has 6 heterocycles. The zero-order valence-electron chi connectivity index (χ0n) is 24.9. The molecule has 0 aromatic carbocycles. The van der Waals surface area contributed by atoms with Crippen LogP contribution in [0.5, 0.6) is 0 Å². The van der Waals surface area contributed by atoms with E-state index in [0.717, 1.165) is 43.6 Å². The molecular weight excluding hydrogens is 684 g/mol. The van der Waals surface area contributed by atoms with Gasteiger partial charge in [0.05, 0.1) is 11.0 Å². The summed E-state index contributed by atoms with van der Waals surface area (Å²) in [6.07, 6.45) is 19.4. The highest BCUT2D eigenvalue weighted by Crippen LogP contribution is 2.29. The first kappa shape index (κ1) is 31.4. The maximum absolute atomic E-state index is 12.8. The number of hydrogen-bond donors (Lipinski definition) is 0. The Hall–Kier alpha value is -4.02. The molecule has 0 spiro atoms. The van der Waals surface area contributed by atoms with Crippen molar-refractivity contribution >= 4 is 65.2 Å². The first-order valence-corrected chi connectivity index (χ1v) is 16.0. The molecule has 8 nitrogen and oxygen atoms in total. The number of aromatic nitrogens is 6. The Morgan fingerprint density at radius 2 is 1.07 bits per heavy atom. The third kappa shape index (κ3) is 6.42. The summed E-state index contributed by atoms with van der Waals surface area (Å²) in [7, 11) is 0. The van der Waals surface area contributed by atoms with Crippen LogP contribution in [0.3, 0.4) is 0 Å². The molecule has 10 heteroatoms. The second kappa shape index (κ2) is 13.7. The minimum atomic E-state index is -0.0335. The molecule has 0 amide bonds.